The maximum Gasteiger partial charge on any atom is 0.0790 e. The summed E-state index contributed by atoms with van der Waals surface area (Å²) < 4.78 is 11.4. The van der Waals surface area contributed by atoms with Gasteiger partial charge in [0.2, 0.25) is 0 Å². The molecule has 2 heterocycles. The number of ether oxygens (including phenoxy) is 2. The molecule has 138 valence electrons. The van der Waals surface area contributed by atoms with Crippen LogP contribution in [0.25, 0.3) is 0 Å². The number of hydrogen-bond acceptors (Lipinski definition) is 4. The summed E-state index contributed by atoms with van der Waals surface area (Å²) in [7, 11) is 0. The van der Waals surface area contributed by atoms with E-state index in [9.17, 15) is 10.2 Å². The van der Waals surface area contributed by atoms with E-state index in [0.717, 1.165) is 24.8 Å². The minimum absolute atomic E-state index is 0.125. The van der Waals surface area contributed by atoms with Crippen molar-refractivity contribution in [2.24, 2.45) is 11.8 Å². The Morgan fingerprint density at radius 3 is 2.72 bits per heavy atom. The van der Waals surface area contributed by atoms with Gasteiger partial charge >= 0.3 is 0 Å². The third-order valence-corrected chi connectivity index (χ3v) is 5.59. The Labute approximate surface area is 150 Å². The van der Waals surface area contributed by atoms with Crippen molar-refractivity contribution in [3.8, 4) is 0 Å². The number of hydrogen-bond donors (Lipinski definition) is 2. The van der Waals surface area contributed by atoms with Crippen molar-refractivity contribution in [1.29, 1.82) is 0 Å². The van der Waals surface area contributed by atoms with Crippen LogP contribution in [-0.2, 0) is 9.47 Å². The predicted octanol–water partition coefficient (Wildman–Crippen LogP) is 3.25. The largest absolute Gasteiger partial charge is 0.389 e. The second kappa shape index (κ2) is 8.95. The molecule has 0 aliphatic carbocycles. The maximum atomic E-state index is 10.6. The minimum atomic E-state index is -0.505. The van der Waals surface area contributed by atoms with E-state index in [1.807, 2.05) is 49.4 Å². The van der Waals surface area contributed by atoms with Crippen LogP contribution in [0.2, 0.25) is 0 Å². The highest BCUT2D eigenvalue weighted by Crippen LogP contribution is 2.47. The topological polar surface area (TPSA) is 58.9 Å². The van der Waals surface area contributed by atoms with Crippen molar-refractivity contribution in [2.45, 2.75) is 57.0 Å². The van der Waals surface area contributed by atoms with E-state index in [4.69, 9.17) is 9.47 Å². The Kier molecular flexibility index (Phi) is 6.65. The molecule has 0 saturated carbocycles. The van der Waals surface area contributed by atoms with Crippen LogP contribution in [0.3, 0.4) is 0 Å². The van der Waals surface area contributed by atoms with Gasteiger partial charge in [-0.2, -0.15) is 0 Å². The number of aliphatic hydroxyl groups is 2. The first kappa shape index (κ1) is 18.6. The van der Waals surface area contributed by atoms with Crippen LogP contribution in [0.5, 0.6) is 0 Å². The fourth-order valence-corrected chi connectivity index (χ4v) is 4.36. The SMILES string of the molecule is CCOCC=C[C@H](O)[C@@H]1[C@@H]2CCC(O2)[C@@H]1CCC(O)c1ccccc1. The number of fused-ring (bicyclic) bond motifs is 2. The van der Waals surface area contributed by atoms with Gasteiger partial charge in [-0.15, -0.1) is 0 Å². The van der Waals surface area contributed by atoms with Gasteiger partial charge < -0.3 is 19.7 Å². The molecule has 2 N–H and O–H groups in total. The summed E-state index contributed by atoms with van der Waals surface area (Å²) in [5.74, 6) is 0.434. The summed E-state index contributed by atoms with van der Waals surface area (Å²) in [6.07, 6.45) is 6.85. The molecule has 4 heteroatoms. The van der Waals surface area contributed by atoms with Gasteiger partial charge in [0.25, 0.3) is 0 Å². The van der Waals surface area contributed by atoms with E-state index < -0.39 is 12.2 Å². The molecule has 2 aliphatic rings. The van der Waals surface area contributed by atoms with E-state index >= 15 is 0 Å². The van der Waals surface area contributed by atoms with Crippen LogP contribution >= 0.6 is 0 Å². The van der Waals surface area contributed by atoms with Crippen molar-refractivity contribution < 1.29 is 19.7 Å². The molecule has 25 heavy (non-hydrogen) atoms. The average Bonchev–Trinajstić information content (AvgIpc) is 3.25. The smallest absolute Gasteiger partial charge is 0.0790 e. The fraction of sp³-hybridized carbons (Fsp3) is 0.619. The molecule has 2 unspecified atom stereocenters. The van der Waals surface area contributed by atoms with Gasteiger partial charge in [0.15, 0.2) is 0 Å². The van der Waals surface area contributed by atoms with E-state index in [-0.39, 0.29) is 18.1 Å². The lowest BCUT2D eigenvalue weighted by Crippen LogP contribution is -2.35. The second-order valence-electron chi connectivity index (χ2n) is 7.11. The van der Waals surface area contributed by atoms with Gasteiger partial charge in [0.05, 0.1) is 31.0 Å². The maximum absolute atomic E-state index is 10.6. The summed E-state index contributed by atoms with van der Waals surface area (Å²) >= 11 is 0. The molecule has 2 saturated heterocycles. The molecule has 1 aromatic rings. The molecule has 6 atom stereocenters. The summed E-state index contributed by atoms with van der Waals surface area (Å²) in [5, 5.41) is 21.1. The van der Waals surface area contributed by atoms with Gasteiger partial charge in [0, 0.05) is 12.5 Å². The molecule has 4 nitrogen and oxygen atoms in total. The molecule has 1 aromatic carbocycles. The van der Waals surface area contributed by atoms with E-state index in [2.05, 4.69) is 0 Å². The number of benzene rings is 1. The molecule has 2 fully saturated rings. The zero-order chi connectivity index (χ0) is 17.6. The first-order valence-electron chi connectivity index (χ1n) is 9.51. The van der Waals surface area contributed by atoms with E-state index in [1.165, 1.54) is 0 Å². The standard InChI is InChI=1S/C21H30O4/c1-2-24-14-6-9-18(23)21-16(19-12-13-20(21)25-19)10-11-17(22)15-7-4-3-5-8-15/h3-9,16-23H,2,10-14H2,1H3/t16-,17?,18-,19?,20-,21+/m0/s1. The normalized spacial score (nSPS) is 30.8. The summed E-state index contributed by atoms with van der Waals surface area (Å²) in [6, 6.07) is 9.79. The van der Waals surface area contributed by atoms with Crippen LogP contribution in [0.15, 0.2) is 42.5 Å². The molecular formula is C21H30O4. The van der Waals surface area contributed by atoms with Crippen molar-refractivity contribution >= 4 is 0 Å². The quantitative estimate of drug-likeness (QED) is 0.532. The fourth-order valence-electron chi connectivity index (χ4n) is 4.36. The van der Waals surface area contributed by atoms with Crippen LogP contribution < -0.4 is 0 Å². The Morgan fingerprint density at radius 2 is 1.96 bits per heavy atom. The van der Waals surface area contributed by atoms with Crippen LogP contribution in [0.1, 0.15) is 44.3 Å². The second-order valence-corrected chi connectivity index (χ2v) is 7.11. The molecule has 3 rings (SSSR count). The van der Waals surface area contributed by atoms with Gasteiger partial charge in [-0.25, -0.2) is 0 Å². The lowest BCUT2D eigenvalue weighted by Gasteiger charge is -2.31. The average molecular weight is 346 g/mol. The van der Waals surface area contributed by atoms with E-state index in [0.29, 0.717) is 25.6 Å². The Bertz CT molecular complexity index is 544. The summed E-state index contributed by atoms with van der Waals surface area (Å²) in [4.78, 5) is 0. The van der Waals surface area contributed by atoms with Crippen LogP contribution in [-0.4, -0.2) is 41.7 Å². The lowest BCUT2D eigenvalue weighted by molar-refractivity contribution is 0.0593. The van der Waals surface area contributed by atoms with Crippen LogP contribution in [0, 0.1) is 11.8 Å². The molecule has 0 spiro atoms. The Morgan fingerprint density at radius 1 is 1.20 bits per heavy atom. The molecule has 0 aromatic heterocycles. The highest BCUT2D eigenvalue weighted by Gasteiger charge is 2.50. The predicted molar refractivity (Wildman–Crippen MR) is 97.2 cm³/mol. The Balaban J connectivity index is 1.58. The molecule has 2 aliphatic heterocycles. The van der Waals surface area contributed by atoms with Gasteiger partial charge in [-0.3, -0.25) is 0 Å². The number of aliphatic hydroxyl groups excluding tert-OH is 2. The third kappa shape index (κ3) is 4.50. The van der Waals surface area contributed by atoms with Crippen molar-refractivity contribution in [2.75, 3.05) is 13.2 Å². The summed E-state index contributed by atoms with van der Waals surface area (Å²) in [5.41, 5.74) is 0.959. The molecule has 2 bridgehead atoms. The zero-order valence-corrected chi connectivity index (χ0v) is 15.0. The molecule has 0 amide bonds. The summed E-state index contributed by atoms with van der Waals surface area (Å²) in [6.45, 7) is 3.17. The van der Waals surface area contributed by atoms with Crippen molar-refractivity contribution in [3.63, 3.8) is 0 Å². The first-order valence-corrected chi connectivity index (χ1v) is 9.51. The van der Waals surface area contributed by atoms with E-state index in [1.54, 1.807) is 0 Å². The zero-order valence-electron chi connectivity index (χ0n) is 15.0. The monoisotopic (exact) mass is 346 g/mol. The van der Waals surface area contributed by atoms with Gasteiger partial charge in [-0.05, 0) is 44.1 Å². The third-order valence-electron chi connectivity index (χ3n) is 5.59. The highest BCUT2D eigenvalue weighted by molar-refractivity contribution is 5.17. The minimum Gasteiger partial charge on any atom is -0.389 e. The van der Waals surface area contributed by atoms with Crippen molar-refractivity contribution in [1.82, 2.24) is 0 Å². The molecule has 0 radical (unpaired) electrons. The van der Waals surface area contributed by atoms with Gasteiger partial charge in [-0.1, -0.05) is 42.5 Å². The Hall–Kier alpha value is -1.20. The van der Waals surface area contributed by atoms with Crippen molar-refractivity contribution in [3.05, 3.63) is 48.0 Å². The lowest BCUT2D eigenvalue weighted by atomic mass is 9.73. The van der Waals surface area contributed by atoms with Gasteiger partial charge in [0.1, 0.15) is 0 Å². The molecular weight excluding hydrogens is 316 g/mol. The first-order chi connectivity index (χ1) is 12.2. The number of rotatable bonds is 9. The highest BCUT2D eigenvalue weighted by atomic mass is 16.5. The van der Waals surface area contributed by atoms with Crippen LogP contribution in [0.4, 0.5) is 0 Å².